The van der Waals surface area contributed by atoms with Crippen LogP contribution < -0.4 is 10.1 Å². The molecule has 2 rings (SSSR count). The molecule has 104 valence electrons. The van der Waals surface area contributed by atoms with Crippen LogP contribution in [0.1, 0.15) is 39.5 Å². The second kappa shape index (κ2) is 6.70. The number of aromatic nitrogens is 3. The summed E-state index contributed by atoms with van der Waals surface area (Å²) in [6.07, 6.45) is 7.04. The van der Waals surface area contributed by atoms with E-state index in [1.54, 1.807) is 0 Å². The van der Waals surface area contributed by atoms with Crippen LogP contribution >= 0.6 is 11.6 Å². The van der Waals surface area contributed by atoms with E-state index in [0.717, 1.165) is 13.0 Å². The summed E-state index contributed by atoms with van der Waals surface area (Å²) in [4.78, 5) is 12.1. The largest absolute Gasteiger partial charge is 0.461 e. The summed E-state index contributed by atoms with van der Waals surface area (Å²) in [7, 11) is 0. The van der Waals surface area contributed by atoms with Gasteiger partial charge in [0.1, 0.15) is 0 Å². The minimum atomic E-state index is 0.00922. The molecule has 0 amide bonds. The molecule has 0 radical (unpaired) electrons. The van der Waals surface area contributed by atoms with Gasteiger partial charge in [-0.3, -0.25) is 0 Å². The van der Waals surface area contributed by atoms with Crippen molar-refractivity contribution in [1.82, 2.24) is 15.0 Å². The molecule has 0 aliphatic heterocycles. The Morgan fingerprint density at radius 3 is 2.89 bits per heavy atom. The van der Waals surface area contributed by atoms with E-state index in [0.29, 0.717) is 5.95 Å². The number of rotatable bonds is 6. The number of hydrogen-bond acceptors (Lipinski definition) is 5. The smallest absolute Gasteiger partial charge is 0.322 e. The fourth-order valence-corrected chi connectivity index (χ4v) is 2.13. The summed E-state index contributed by atoms with van der Waals surface area (Å²) in [6.45, 7) is 4.63. The van der Waals surface area contributed by atoms with Crippen molar-refractivity contribution in [2.75, 3.05) is 11.9 Å². The molecule has 1 aromatic rings. The number of hydrogen-bond donors (Lipinski definition) is 1. The highest BCUT2D eigenvalue weighted by atomic mass is 35.5. The summed E-state index contributed by atoms with van der Waals surface area (Å²) in [5.41, 5.74) is 1.51. The van der Waals surface area contributed by atoms with Crippen molar-refractivity contribution in [2.45, 2.75) is 45.6 Å². The normalized spacial score (nSPS) is 14.6. The zero-order valence-corrected chi connectivity index (χ0v) is 12.1. The first-order chi connectivity index (χ1) is 9.13. The lowest BCUT2D eigenvalue weighted by molar-refractivity contribution is 0.222. The summed E-state index contributed by atoms with van der Waals surface area (Å²) in [6, 6.07) is 0.262. The van der Waals surface area contributed by atoms with Gasteiger partial charge < -0.3 is 10.1 Å². The van der Waals surface area contributed by atoms with Crippen LogP contribution in [0.4, 0.5) is 5.95 Å². The summed E-state index contributed by atoms with van der Waals surface area (Å²) in [5.74, 6) is 0.467. The zero-order valence-electron chi connectivity index (χ0n) is 11.3. The van der Waals surface area contributed by atoms with Gasteiger partial charge in [-0.2, -0.15) is 15.0 Å². The molecule has 0 aromatic carbocycles. The minimum absolute atomic E-state index is 0.00922. The monoisotopic (exact) mass is 282 g/mol. The Morgan fingerprint density at radius 2 is 2.21 bits per heavy atom. The highest BCUT2D eigenvalue weighted by Crippen LogP contribution is 2.20. The Morgan fingerprint density at radius 1 is 1.37 bits per heavy atom. The van der Waals surface area contributed by atoms with E-state index < -0.39 is 0 Å². The van der Waals surface area contributed by atoms with Crippen molar-refractivity contribution in [2.24, 2.45) is 0 Å². The second-order valence-corrected chi connectivity index (χ2v) is 5.15. The molecule has 1 N–H and O–H groups in total. The van der Waals surface area contributed by atoms with Crippen LogP contribution in [0, 0.1) is 0 Å². The highest BCUT2D eigenvalue weighted by Gasteiger charge is 2.08. The van der Waals surface area contributed by atoms with Gasteiger partial charge in [-0.05, 0) is 51.1 Å². The van der Waals surface area contributed by atoms with E-state index >= 15 is 0 Å². The molecule has 0 spiro atoms. The van der Waals surface area contributed by atoms with Crippen molar-refractivity contribution in [3.8, 4) is 6.01 Å². The van der Waals surface area contributed by atoms with Crippen LogP contribution in [0.15, 0.2) is 11.6 Å². The Balaban J connectivity index is 1.89. The van der Waals surface area contributed by atoms with E-state index in [1.165, 1.54) is 24.8 Å². The van der Waals surface area contributed by atoms with Gasteiger partial charge >= 0.3 is 6.01 Å². The Bertz CT molecular complexity index is 462. The first kappa shape index (κ1) is 14.1. The lowest BCUT2D eigenvalue weighted by Crippen LogP contribution is -2.12. The third-order valence-electron chi connectivity index (χ3n) is 2.79. The molecule has 5 nitrogen and oxygen atoms in total. The van der Waals surface area contributed by atoms with E-state index in [9.17, 15) is 0 Å². The van der Waals surface area contributed by atoms with Crippen molar-refractivity contribution < 1.29 is 4.74 Å². The zero-order chi connectivity index (χ0) is 13.7. The van der Waals surface area contributed by atoms with Crippen molar-refractivity contribution >= 4 is 17.5 Å². The van der Waals surface area contributed by atoms with E-state index in [1.807, 2.05) is 13.8 Å². The number of allylic oxidation sites excluding steroid dienone is 1. The number of nitrogens with zero attached hydrogens (tertiary/aromatic N) is 3. The molecule has 1 aliphatic carbocycles. The maximum absolute atomic E-state index is 5.85. The van der Waals surface area contributed by atoms with Gasteiger partial charge in [0, 0.05) is 6.54 Å². The fourth-order valence-electron chi connectivity index (χ4n) is 1.97. The van der Waals surface area contributed by atoms with E-state index in [-0.39, 0.29) is 17.4 Å². The number of halogens is 1. The van der Waals surface area contributed by atoms with Crippen molar-refractivity contribution in [3.63, 3.8) is 0 Å². The fraction of sp³-hybridized carbons (Fsp3) is 0.615. The lowest BCUT2D eigenvalue weighted by atomic mass is 10.2. The standard InChI is InChI=1S/C13H19ClN4O/c1-9(2)19-13-17-11(14)16-12(18-13)15-8-7-10-5-3-4-6-10/h5,9H,3-4,6-8H2,1-2H3,(H,15,16,17,18). The molecule has 6 heteroatoms. The minimum Gasteiger partial charge on any atom is -0.461 e. The average Bonchev–Trinajstić information content (AvgIpc) is 2.80. The van der Waals surface area contributed by atoms with Gasteiger partial charge in [-0.15, -0.1) is 0 Å². The third-order valence-corrected chi connectivity index (χ3v) is 2.96. The topological polar surface area (TPSA) is 59.9 Å². The Kier molecular flexibility index (Phi) is 4.96. The molecular formula is C13H19ClN4O. The van der Waals surface area contributed by atoms with Gasteiger partial charge in [0.25, 0.3) is 0 Å². The number of nitrogens with one attached hydrogen (secondary N) is 1. The molecule has 1 aromatic heterocycles. The summed E-state index contributed by atoms with van der Waals surface area (Å²) < 4.78 is 5.42. The van der Waals surface area contributed by atoms with Gasteiger partial charge in [-0.25, -0.2) is 0 Å². The second-order valence-electron chi connectivity index (χ2n) is 4.81. The SMILES string of the molecule is CC(C)Oc1nc(Cl)nc(NCCC2=CCCC2)n1. The highest BCUT2D eigenvalue weighted by molar-refractivity contribution is 6.28. The van der Waals surface area contributed by atoms with Crippen LogP contribution in [0.5, 0.6) is 6.01 Å². The average molecular weight is 283 g/mol. The Labute approximate surface area is 118 Å². The van der Waals surface area contributed by atoms with E-state index in [2.05, 4.69) is 26.3 Å². The summed E-state index contributed by atoms with van der Waals surface area (Å²) >= 11 is 5.85. The lowest BCUT2D eigenvalue weighted by Gasteiger charge is -2.10. The maximum Gasteiger partial charge on any atom is 0.322 e. The van der Waals surface area contributed by atoms with Gasteiger partial charge in [0.15, 0.2) is 0 Å². The van der Waals surface area contributed by atoms with Crippen molar-refractivity contribution in [1.29, 1.82) is 0 Å². The molecule has 0 saturated heterocycles. The molecule has 0 bridgehead atoms. The predicted molar refractivity (Wildman–Crippen MR) is 75.6 cm³/mol. The Hall–Kier alpha value is -1.36. The maximum atomic E-state index is 5.85. The van der Waals surface area contributed by atoms with Crippen LogP contribution in [0.2, 0.25) is 5.28 Å². The van der Waals surface area contributed by atoms with Crippen molar-refractivity contribution in [3.05, 3.63) is 16.9 Å². The van der Waals surface area contributed by atoms with Crippen LogP contribution in [0.25, 0.3) is 0 Å². The van der Waals surface area contributed by atoms with E-state index in [4.69, 9.17) is 16.3 Å². The number of anilines is 1. The quantitative estimate of drug-likeness (QED) is 0.812. The molecule has 1 heterocycles. The van der Waals surface area contributed by atoms with Gasteiger partial charge in [-0.1, -0.05) is 11.6 Å². The third kappa shape index (κ3) is 4.67. The molecule has 0 atom stereocenters. The van der Waals surface area contributed by atoms with Gasteiger partial charge in [0.05, 0.1) is 6.10 Å². The summed E-state index contributed by atoms with van der Waals surface area (Å²) in [5, 5.41) is 3.31. The molecular weight excluding hydrogens is 264 g/mol. The predicted octanol–water partition coefficient (Wildman–Crippen LogP) is 3.22. The molecule has 19 heavy (non-hydrogen) atoms. The van der Waals surface area contributed by atoms with Crippen LogP contribution in [-0.2, 0) is 0 Å². The van der Waals surface area contributed by atoms with Crippen LogP contribution in [-0.4, -0.2) is 27.6 Å². The first-order valence-electron chi connectivity index (χ1n) is 6.63. The molecule has 0 fully saturated rings. The molecule has 0 saturated carbocycles. The number of ether oxygens (including phenoxy) is 1. The molecule has 0 unspecified atom stereocenters. The van der Waals surface area contributed by atoms with Crippen LogP contribution in [0.3, 0.4) is 0 Å². The molecule has 1 aliphatic rings. The first-order valence-corrected chi connectivity index (χ1v) is 7.01. The van der Waals surface area contributed by atoms with Gasteiger partial charge in [0.2, 0.25) is 11.2 Å².